The maximum Gasteiger partial charge on any atom is 0.311 e. The predicted octanol–water partition coefficient (Wildman–Crippen LogP) is 3.76. The van der Waals surface area contributed by atoms with E-state index in [9.17, 15) is 4.79 Å². The summed E-state index contributed by atoms with van der Waals surface area (Å²) in [5.41, 5.74) is 1.72. The fourth-order valence-electron chi connectivity index (χ4n) is 2.12. The molecule has 0 radical (unpaired) electrons. The number of thiazole rings is 1. The number of methoxy groups -OCH3 is 1. The van der Waals surface area contributed by atoms with Crippen molar-refractivity contribution >= 4 is 38.9 Å². The van der Waals surface area contributed by atoms with Gasteiger partial charge in [0.1, 0.15) is 0 Å². The number of rotatable bonds is 4. The lowest BCUT2D eigenvalue weighted by atomic mass is 10.1. The molecular weight excluding hydrogens is 284 g/mol. The van der Waals surface area contributed by atoms with Crippen LogP contribution in [0.4, 0.5) is 10.8 Å². The van der Waals surface area contributed by atoms with Crippen LogP contribution in [0.1, 0.15) is 5.69 Å². The third-order valence-electron chi connectivity index (χ3n) is 3.14. The molecule has 3 rings (SSSR count). The Hall–Kier alpha value is -2.40. The van der Waals surface area contributed by atoms with Gasteiger partial charge in [-0.3, -0.25) is 4.79 Å². The van der Waals surface area contributed by atoms with E-state index in [1.165, 1.54) is 23.8 Å². The van der Waals surface area contributed by atoms with Gasteiger partial charge in [-0.05, 0) is 11.5 Å². The van der Waals surface area contributed by atoms with Gasteiger partial charge < -0.3 is 10.1 Å². The molecule has 0 amide bonds. The van der Waals surface area contributed by atoms with Gasteiger partial charge in [0.15, 0.2) is 5.13 Å². The number of carbonyl (C=O) groups excluding carboxylic acids is 1. The van der Waals surface area contributed by atoms with Crippen LogP contribution in [0, 0.1) is 0 Å². The number of esters is 1. The monoisotopic (exact) mass is 298 g/mol. The van der Waals surface area contributed by atoms with Crippen molar-refractivity contribution < 1.29 is 9.53 Å². The molecule has 0 bridgehead atoms. The van der Waals surface area contributed by atoms with Gasteiger partial charge in [0.25, 0.3) is 0 Å². The number of benzene rings is 2. The third kappa shape index (κ3) is 3.03. The smallest absolute Gasteiger partial charge is 0.311 e. The number of nitrogens with zero attached hydrogens (tertiary/aromatic N) is 1. The molecular formula is C16H14N2O2S. The van der Waals surface area contributed by atoms with E-state index in [2.05, 4.69) is 33.2 Å². The van der Waals surface area contributed by atoms with Crippen molar-refractivity contribution in [3.8, 4) is 0 Å². The third-order valence-corrected chi connectivity index (χ3v) is 3.94. The van der Waals surface area contributed by atoms with Gasteiger partial charge in [-0.15, -0.1) is 11.3 Å². The van der Waals surface area contributed by atoms with Crippen LogP contribution in [-0.4, -0.2) is 18.1 Å². The first-order chi connectivity index (χ1) is 10.3. The average molecular weight is 298 g/mol. The van der Waals surface area contributed by atoms with Crippen molar-refractivity contribution in [3.63, 3.8) is 0 Å². The van der Waals surface area contributed by atoms with E-state index in [1.54, 1.807) is 0 Å². The summed E-state index contributed by atoms with van der Waals surface area (Å²) in [5, 5.41) is 8.27. The number of fused-ring (bicyclic) bond motifs is 1. The van der Waals surface area contributed by atoms with Crippen molar-refractivity contribution in [2.75, 3.05) is 12.4 Å². The Balaban J connectivity index is 1.84. The zero-order valence-corrected chi connectivity index (χ0v) is 12.3. The molecule has 1 aromatic heterocycles. The number of anilines is 2. The number of carbonyl (C=O) groups is 1. The average Bonchev–Trinajstić information content (AvgIpc) is 2.94. The van der Waals surface area contributed by atoms with Gasteiger partial charge in [0.05, 0.1) is 19.2 Å². The maximum atomic E-state index is 11.2. The van der Waals surface area contributed by atoms with Gasteiger partial charge >= 0.3 is 5.97 Å². The minimum absolute atomic E-state index is 0.199. The fourth-order valence-corrected chi connectivity index (χ4v) is 2.84. The Bertz CT molecular complexity index is 777. The molecule has 0 saturated carbocycles. The van der Waals surface area contributed by atoms with Crippen LogP contribution < -0.4 is 5.32 Å². The van der Waals surface area contributed by atoms with Crippen LogP contribution in [0.5, 0.6) is 0 Å². The van der Waals surface area contributed by atoms with Crippen LogP contribution in [0.3, 0.4) is 0 Å². The minimum atomic E-state index is -0.281. The first-order valence-electron chi connectivity index (χ1n) is 6.52. The summed E-state index contributed by atoms with van der Waals surface area (Å²) in [7, 11) is 1.38. The zero-order chi connectivity index (χ0) is 14.7. The van der Waals surface area contributed by atoms with E-state index < -0.39 is 0 Å². The number of hydrogen-bond donors (Lipinski definition) is 1. The molecule has 0 aliphatic carbocycles. The lowest BCUT2D eigenvalue weighted by molar-refractivity contribution is -0.139. The van der Waals surface area contributed by atoms with Crippen LogP contribution in [0.15, 0.2) is 47.8 Å². The number of nitrogens with one attached hydrogen (secondary N) is 1. The topological polar surface area (TPSA) is 51.2 Å². The highest BCUT2D eigenvalue weighted by atomic mass is 32.1. The summed E-state index contributed by atoms with van der Waals surface area (Å²) in [6.45, 7) is 0. The lowest BCUT2D eigenvalue weighted by Gasteiger charge is -2.06. The second kappa shape index (κ2) is 5.93. The largest absolute Gasteiger partial charge is 0.469 e. The normalized spacial score (nSPS) is 10.5. The van der Waals surface area contributed by atoms with Crippen LogP contribution in [0.2, 0.25) is 0 Å². The van der Waals surface area contributed by atoms with Crippen molar-refractivity contribution in [1.82, 2.24) is 4.98 Å². The molecule has 106 valence electrons. The Morgan fingerprint density at radius 1 is 1.24 bits per heavy atom. The molecule has 5 heteroatoms. The van der Waals surface area contributed by atoms with Gasteiger partial charge in [-0.1, -0.05) is 36.4 Å². The van der Waals surface area contributed by atoms with Gasteiger partial charge in [0.2, 0.25) is 0 Å². The van der Waals surface area contributed by atoms with Gasteiger partial charge in [0, 0.05) is 16.5 Å². The molecule has 0 aliphatic rings. The predicted molar refractivity (Wildman–Crippen MR) is 85.1 cm³/mol. The Morgan fingerprint density at radius 3 is 2.90 bits per heavy atom. The highest BCUT2D eigenvalue weighted by Gasteiger charge is 2.08. The van der Waals surface area contributed by atoms with Gasteiger partial charge in [-0.25, -0.2) is 4.98 Å². The molecule has 21 heavy (non-hydrogen) atoms. The van der Waals surface area contributed by atoms with E-state index in [-0.39, 0.29) is 12.4 Å². The molecule has 0 spiro atoms. The molecule has 3 aromatic rings. The molecule has 0 fully saturated rings. The van der Waals surface area contributed by atoms with Crippen molar-refractivity contribution in [2.45, 2.75) is 6.42 Å². The summed E-state index contributed by atoms with van der Waals surface area (Å²) in [5.74, 6) is -0.281. The second-order valence-corrected chi connectivity index (χ2v) is 5.41. The SMILES string of the molecule is COC(=O)Cc1csc(Nc2cccc3ccccc23)n1. The molecule has 0 aliphatic heterocycles. The summed E-state index contributed by atoms with van der Waals surface area (Å²) in [6, 6.07) is 14.3. The van der Waals surface area contributed by atoms with Crippen LogP contribution in [0.25, 0.3) is 10.8 Å². The Labute approximate surface area is 126 Å². The van der Waals surface area contributed by atoms with E-state index in [4.69, 9.17) is 0 Å². The standard InChI is InChI=1S/C16H14N2O2S/c1-20-15(19)9-12-10-21-16(17-12)18-14-8-4-6-11-5-2-3-7-13(11)14/h2-8,10H,9H2,1H3,(H,17,18). The maximum absolute atomic E-state index is 11.2. The second-order valence-electron chi connectivity index (χ2n) is 4.55. The van der Waals surface area contributed by atoms with Crippen LogP contribution >= 0.6 is 11.3 Å². The number of ether oxygens (including phenoxy) is 1. The summed E-state index contributed by atoms with van der Waals surface area (Å²) in [6.07, 6.45) is 0.199. The van der Waals surface area contributed by atoms with E-state index >= 15 is 0 Å². The van der Waals surface area contributed by atoms with E-state index in [1.807, 2.05) is 29.6 Å². The first-order valence-corrected chi connectivity index (χ1v) is 7.40. The molecule has 0 saturated heterocycles. The van der Waals surface area contributed by atoms with E-state index in [0.29, 0.717) is 0 Å². The first kappa shape index (κ1) is 13.6. The van der Waals surface area contributed by atoms with E-state index in [0.717, 1.165) is 21.9 Å². The number of hydrogen-bond acceptors (Lipinski definition) is 5. The molecule has 1 heterocycles. The van der Waals surface area contributed by atoms with Crippen LogP contribution in [-0.2, 0) is 16.0 Å². The molecule has 0 unspecified atom stereocenters. The summed E-state index contributed by atoms with van der Waals surface area (Å²) < 4.78 is 4.64. The van der Waals surface area contributed by atoms with Crippen molar-refractivity contribution in [2.24, 2.45) is 0 Å². The highest BCUT2D eigenvalue weighted by molar-refractivity contribution is 7.13. The molecule has 0 atom stereocenters. The highest BCUT2D eigenvalue weighted by Crippen LogP contribution is 2.27. The molecule has 4 nitrogen and oxygen atoms in total. The van der Waals surface area contributed by atoms with Gasteiger partial charge in [-0.2, -0.15) is 0 Å². The Morgan fingerprint density at radius 2 is 2.05 bits per heavy atom. The molecule has 1 N–H and O–H groups in total. The number of aromatic nitrogens is 1. The summed E-state index contributed by atoms with van der Waals surface area (Å²) in [4.78, 5) is 15.7. The molecule has 2 aromatic carbocycles. The quantitative estimate of drug-likeness (QED) is 0.745. The summed E-state index contributed by atoms with van der Waals surface area (Å²) >= 11 is 1.48. The van der Waals surface area contributed by atoms with Crippen molar-refractivity contribution in [1.29, 1.82) is 0 Å². The minimum Gasteiger partial charge on any atom is -0.469 e. The Kier molecular flexibility index (Phi) is 3.83. The van der Waals surface area contributed by atoms with Crippen molar-refractivity contribution in [3.05, 3.63) is 53.5 Å². The lowest BCUT2D eigenvalue weighted by Crippen LogP contribution is -2.04. The zero-order valence-electron chi connectivity index (χ0n) is 11.5. The fraction of sp³-hybridized carbons (Fsp3) is 0.125.